The summed E-state index contributed by atoms with van der Waals surface area (Å²) >= 11 is 0. The molecule has 7 heteroatoms. The first kappa shape index (κ1) is 18.2. The number of pyridine rings is 1. The first-order valence-electron chi connectivity index (χ1n) is 9.09. The van der Waals surface area contributed by atoms with Crippen LogP contribution in [0.3, 0.4) is 0 Å². The summed E-state index contributed by atoms with van der Waals surface area (Å²) in [5.41, 5.74) is 1.06. The van der Waals surface area contributed by atoms with Crippen molar-refractivity contribution in [1.82, 2.24) is 9.97 Å². The summed E-state index contributed by atoms with van der Waals surface area (Å²) in [6.07, 6.45) is 3.28. The lowest BCUT2D eigenvalue weighted by atomic mass is 9.92. The quantitative estimate of drug-likeness (QED) is 0.702. The maximum atomic E-state index is 13.0. The molecule has 2 aromatic heterocycles. The highest BCUT2D eigenvalue weighted by molar-refractivity contribution is 7.91. The van der Waals surface area contributed by atoms with Crippen LogP contribution in [0.4, 0.5) is 0 Å². The molecule has 1 atom stereocenters. The van der Waals surface area contributed by atoms with Crippen LogP contribution in [0.15, 0.2) is 58.5 Å². The van der Waals surface area contributed by atoms with Crippen LogP contribution < -0.4 is 0 Å². The van der Waals surface area contributed by atoms with Gasteiger partial charge in [0.25, 0.3) is 0 Å². The predicted molar refractivity (Wildman–Crippen MR) is 101 cm³/mol. The molecule has 3 heterocycles. The summed E-state index contributed by atoms with van der Waals surface area (Å²) < 4.78 is 31.4. The Bertz CT molecular complexity index is 1020. The van der Waals surface area contributed by atoms with E-state index in [1.54, 1.807) is 36.4 Å². The summed E-state index contributed by atoms with van der Waals surface area (Å²) in [7, 11) is -3.66. The van der Waals surface area contributed by atoms with E-state index in [0.29, 0.717) is 29.1 Å². The highest BCUT2D eigenvalue weighted by Crippen LogP contribution is 2.32. The molecule has 2 N–H and O–H groups in total. The Hall–Kier alpha value is -2.22. The number of H-pyrrole nitrogens is 1. The van der Waals surface area contributed by atoms with Gasteiger partial charge in [0.05, 0.1) is 15.9 Å². The van der Waals surface area contributed by atoms with Crippen molar-refractivity contribution in [2.45, 2.75) is 35.2 Å². The number of sulfone groups is 1. The largest absolute Gasteiger partial charge is 0.387 e. The standard InChI is InChI=1S/C20H22N2O4S/c23-18(12-14-7-10-26-11-8-14)17-13-16-19(6-9-21-20(16)22-17)27(24,25)15-4-2-1-3-5-15/h1-6,9,13-14,18,23H,7-8,10-12H2,(H,21,22). The van der Waals surface area contributed by atoms with Gasteiger partial charge in [0, 0.05) is 30.5 Å². The average molecular weight is 386 g/mol. The Morgan fingerprint density at radius 1 is 1.19 bits per heavy atom. The van der Waals surface area contributed by atoms with E-state index in [0.717, 1.165) is 26.1 Å². The summed E-state index contributed by atoms with van der Waals surface area (Å²) in [6.45, 7) is 1.45. The van der Waals surface area contributed by atoms with Crippen LogP contribution >= 0.6 is 0 Å². The topological polar surface area (TPSA) is 92.3 Å². The number of aromatic amines is 1. The molecule has 4 rings (SSSR count). The van der Waals surface area contributed by atoms with Gasteiger partial charge in [-0.2, -0.15) is 0 Å². The SMILES string of the molecule is O=S(=O)(c1ccccc1)c1ccnc2[nH]c(C(O)CC3CCOCC3)cc12. The lowest BCUT2D eigenvalue weighted by Gasteiger charge is -2.23. The Balaban J connectivity index is 1.68. The summed E-state index contributed by atoms with van der Waals surface area (Å²) in [5, 5.41) is 11.1. The number of aliphatic hydroxyl groups is 1. The van der Waals surface area contributed by atoms with Crippen molar-refractivity contribution in [1.29, 1.82) is 0 Å². The van der Waals surface area contributed by atoms with E-state index in [-0.39, 0.29) is 9.79 Å². The third-order valence-corrected chi connectivity index (χ3v) is 6.94. The van der Waals surface area contributed by atoms with Crippen LogP contribution in [-0.2, 0) is 14.6 Å². The monoisotopic (exact) mass is 386 g/mol. The van der Waals surface area contributed by atoms with Crippen LogP contribution in [0.2, 0.25) is 0 Å². The van der Waals surface area contributed by atoms with E-state index in [1.807, 2.05) is 0 Å². The number of fused-ring (bicyclic) bond motifs is 1. The van der Waals surface area contributed by atoms with E-state index in [2.05, 4.69) is 9.97 Å². The second-order valence-corrected chi connectivity index (χ2v) is 8.84. The lowest BCUT2D eigenvalue weighted by molar-refractivity contribution is 0.0428. The first-order valence-corrected chi connectivity index (χ1v) is 10.6. The molecular formula is C20H22N2O4S. The third-order valence-electron chi connectivity index (χ3n) is 5.11. The number of aromatic nitrogens is 2. The molecule has 0 spiro atoms. The molecule has 1 aromatic carbocycles. The average Bonchev–Trinajstić information content (AvgIpc) is 3.14. The summed E-state index contributed by atoms with van der Waals surface area (Å²) in [5.74, 6) is 0.403. The molecule has 1 fully saturated rings. The number of nitrogens with one attached hydrogen (secondary N) is 1. The van der Waals surface area contributed by atoms with Crippen molar-refractivity contribution in [2.75, 3.05) is 13.2 Å². The molecule has 27 heavy (non-hydrogen) atoms. The van der Waals surface area contributed by atoms with Gasteiger partial charge in [-0.05, 0) is 49.4 Å². The van der Waals surface area contributed by atoms with E-state index >= 15 is 0 Å². The predicted octanol–water partition coefficient (Wildman–Crippen LogP) is 3.25. The Labute approximate surface area is 158 Å². The van der Waals surface area contributed by atoms with Crippen LogP contribution in [0.1, 0.15) is 31.1 Å². The van der Waals surface area contributed by atoms with Crippen LogP contribution in [0.25, 0.3) is 11.0 Å². The molecule has 0 radical (unpaired) electrons. The molecule has 1 aliphatic rings. The zero-order valence-corrected chi connectivity index (χ0v) is 15.7. The van der Waals surface area contributed by atoms with Gasteiger partial charge in [-0.1, -0.05) is 18.2 Å². The molecular weight excluding hydrogens is 364 g/mol. The number of benzene rings is 1. The molecule has 1 unspecified atom stereocenters. The van der Waals surface area contributed by atoms with Gasteiger partial charge in [0.2, 0.25) is 9.84 Å². The fraction of sp³-hybridized carbons (Fsp3) is 0.350. The number of ether oxygens (including phenoxy) is 1. The lowest BCUT2D eigenvalue weighted by Crippen LogP contribution is -2.18. The molecule has 142 valence electrons. The fourth-order valence-corrected chi connectivity index (χ4v) is 5.04. The van der Waals surface area contributed by atoms with Gasteiger partial charge in [-0.15, -0.1) is 0 Å². The minimum absolute atomic E-state index is 0.194. The second-order valence-electron chi connectivity index (χ2n) is 6.92. The smallest absolute Gasteiger partial charge is 0.207 e. The molecule has 0 bridgehead atoms. The van der Waals surface area contributed by atoms with E-state index in [4.69, 9.17) is 4.74 Å². The van der Waals surface area contributed by atoms with Gasteiger partial charge in [-0.25, -0.2) is 13.4 Å². The Kier molecular flexibility index (Phi) is 4.99. The maximum Gasteiger partial charge on any atom is 0.207 e. The molecule has 3 aromatic rings. The van der Waals surface area contributed by atoms with E-state index < -0.39 is 15.9 Å². The maximum absolute atomic E-state index is 13.0. The van der Waals surface area contributed by atoms with Gasteiger partial charge in [0.1, 0.15) is 5.65 Å². The van der Waals surface area contributed by atoms with Crippen LogP contribution in [0, 0.1) is 5.92 Å². The first-order chi connectivity index (χ1) is 13.1. The zero-order valence-electron chi connectivity index (χ0n) is 14.8. The zero-order chi connectivity index (χ0) is 18.9. The van der Waals surface area contributed by atoms with Crippen molar-refractivity contribution in [2.24, 2.45) is 5.92 Å². The second kappa shape index (κ2) is 7.42. The third kappa shape index (κ3) is 3.63. The molecule has 0 amide bonds. The minimum Gasteiger partial charge on any atom is -0.387 e. The number of nitrogens with zero attached hydrogens (tertiary/aromatic N) is 1. The van der Waals surface area contributed by atoms with Gasteiger partial charge >= 0.3 is 0 Å². The van der Waals surface area contributed by atoms with E-state index in [1.165, 1.54) is 12.3 Å². The van der Waals surface area contributed by atoms with Gasteiger partial charge in [-0.3, -0.25) is 0 Å². The van der Waals surface area contributed by atoms with Crippen molar-refractivity contribution in [3.8, 4) is 0 Å². The fourth-order valence-electron chi connectivity index (χ4n) is 3.59. The van der Waals surface area contributed by atoms with Gasteiger partial charge < -0.3 is 14.8 Å². The molecule has 0 aliphatic carbocycles. The number of hydrogen-bond acceptors (Lipinski definition) is 5. The van der Waals surface area contributed by atoms with Crippen molar-refractivity contribution >= 4 is 20.9 Å². The number of aliphatic hydroxyl groups excluding tert-OH is 1. The highest BCUT2D eigenvalue weighted by Gasteiger charge is 2.24. The van der Waals surface area contributed by atoms with Crippen molar-refractivity contribution in [3.05, 3.63) is 54.4 Å². The summed E-state index contributed by atoms with van der Waals surface area (Å²) in [6, 6.07) is 11.6. The van der Waals surface area contributed by atoms with Crippen molar-refractivity contribution in [3.63, 3.8) is 0 Å². The van der Waals surface area contributed by atoms with E-state index in [9.17, 15) is 13.5 Å². The molecule has 6 nitrogen and oxygen atoms in total. The highest BCUT2D eigenvalue weighted by atomic mass is 32.2. The minimum atomic E-state index is -3.66. The van der Waals surface area contributed by atoms with Crippen molar-refractivity contribution < 1.29 is 18.3 Å². The Morgan fingerprint density at radius 2 is 1.93 bits per heavy atom. The Morgan fingerprint density at radius 3 is 2.67 bits per heavy atom. The van der Waals surface area contributed by atoms with Gasteiger partial charge in [0.15, 0.2) is 0 Å². The number of rotatable bonds is 5. The summed E-state index contributed by atoms with van der Waals surface area (Å²) in [4.78, 5) is 7.77. The van der Waals surface area contributed by atoms with Crippen LogP contribution in [0.5, 0.6) is 0 Å². The normalized spacial score (nSPS) is 17.2. The number of hydrogen-bond donors (Lipinski definition) is 2. The molecule has 1 aliphatic heterocycles. The molecule has 1 saturated heterocycles. The van der Waals surface area contributed by atoms with Crippen LogP contribution in [-0.4, -0.2) is 36.7 Å². The molecule has 0 saturated carbocycles.